The minimum absolute atomic E-state index is 0.267. The highest BCUT2D eigenvalue weighted by atomic mass is 35.5. The van der Waals surface area contributed by atoms with Crippen LogP contribution in [0.1, 0.15) is 25.7 Å². The van der Waals surface area contributed by atoms with Crippen molar-refractivity contribution < 1.29 is 4.74 Å². The molecule has 1 nitrogen and oxygen atoms in total. The van der Waals surface area contributed by atoms with Crippen LogP contribution in [0.3, 0.4) is 0 Å². The van der Waals surface area contributed by atoms with Gasteiger partial charge in [-0.25, -0.2) is 0 Å². The number of hydrogen-bond acceptors (Lipinski definition) is 1. The van der Waals surface area contributed by atoms with E-state index < -0.39 is 0 Å². The lowest BCUT2D eigenvalue weighted by Crippen LogP contribution is -2.26. The summed E-state index contributed by atoms with van der Waals surface area (Å²) in [5, 5.41) is 0.267. The van der Waals surface area contributed by atoms with E-state index in [4.69, 9.17) is 16.3 Å². The molecule has 0 spiro atoms. The number of methoxy groups -OCH3 is 1. The van der Waals surface area contributed by atoms with Crippen LogP contribution in [-0.2, 0) is 4.74 Å². The van der Waals surface area contributed by atoms with Gasteiger partial charge in [-0.05, 0) is 12.8 Å². The molecule has 1 fully saturated rings. The monoisotopic (exact) mass is 148 g/mol. The second-order valence-corrected chi connectivity index (χ2v) is 3.14. The molecule has 9 heavy (non-hydrogen) atoms. The Morgan fingerprint density at radius 3 is 2.44 bits per heavy atom. The van der Waals surface area contributed by atoms with Crippen LogP contribution in [0.4, 0.5) is 0 Å². The van der Waals surface area contributed by atoms with Gasteiger partial charge in [-0.3, -0.25) is 0 Å². The largest absolute Gasteiger partial charge is 0.380 e. The van der Waals surface area contributed by atoms with Crippen LogP contribution < -0.4 is 0 Å². The zero-order valence-corrected chi connectivity index (χ0v) is 6.53. The Morgan fingerprint density at radius 2 is 2.00 bits per heavy atom. The first kappa shape index (κ1) is 7.36. The average Bonchev–Trinajstić information content (AvgIpc) is 1.89. The zero-order valence-electron chi connectivity index (χ0n) is 5.77. The van der Waals surface area contributed by atoms with Gasteiger partial charge < -0.3 is 4.74 Å². The van der Waals surface area contributed by atoms with Gasteiger partial charge in [0.2, 0.25) is 0 Å². The van der Waals surface area contributed by atoms with E-state index in [2.05, 4.69) is 0 Å². The molecule has 1 aliphatic carbocycles. The van der Waals surface area contributed by atoms with Crippen LogP contribution in [0.5, 0.6) is 0 Å². The topological polar surface area (TPSA) is 9.23 Å². The second-order valence-electron chi connectivity index (χ2n) is 2.57. The lowest BCUT2D eigenvalue weighted by atomic mass is 9.97. The number of rotatable bonds is 1. The molecule has 0 aromatic carbocycles. The normalized spacial score (nSPS) is 36.7. The van der Waals surface area contributed by atoms with Crippen molar-refractivity contribution in [3.8, 4) is 0 Å². The molecule has 2 heteroatoms. The summed E-state index contributed by atoms with van der Waals surface area (Å²) < 4.78 is 5.17. The maximum Gasteiger partial charge on any atom is 0.0734 e. The molecule has 0 aromatic heterocycles. The zero-order chi connectivity index (χ0) is 6.69. The Hall–Kier alpha value is 0.250. The molecule has 1 aliphatic rings. The first-order valence-corrected chi connectivity index (χ1v) is 3.95. The quantitative estimate of drug-likeness (QED) is 0.518. The van der Waals surface area contributed by atoms with Gasteiger partial charge >= 0.3 is 0 Å². The second kappa shape index (κ2) is 3.43. The van der Waals surface area contributed by atoms with E-state index in [-0.39, 0.29) is 5.38 Å². The summed E-state index contributed by atoms with van der Waals surface area (Å²) >= 11 is 5.96. The van der Waals surface area contributed by atoms with Crippen LogP contribution in [0.2, 0.25) is 0 Å². The number of ether oxygens (including phenoxy) is 1. The summed E-state index contributed by atoms with van der Waals surface area (Å²) in [6.07, 6.45) is 5.14. The van der Waals surface area contributed by atoms with Crippen LogP contribution in [0.25, 0.3) is 0 Å². The van der Waals surface area contributed by atoms with Crippen molar-refractivity contribution >= 4 is 11.6 Å². The first-order chi connectivity index (χ1) is 4.34. The Morgan fingerprint density at radius 1 is 1.33 bits per heavy atom. The molecule has 54 valence electrons. The SMILES string of the molecule is CO[C@@H]1CCCCC1Cl. The van der Waals surface area contributed by atoms with Crippen molar-refractivity contribution in [1.29, 1.82) is 0 Å². The van der Waals surface area contributed by atoms with Gasteiger partial charge in [0.05, 0.1) is 11.5 Å². The third kappa shape index (κ3) is 1.84. The third-order valence-corrected chi connectivity index (χ3v) is 2.42. The van der Waals surface area contributed by atoms with E-state index in [0.717, 1.165) is 12.8 Å². The van der Waals surface area contributed by atoms with Gasteiger partial charge in [-0.15, -0.1) is 11.6 Å². The molecule has 0 aromatic rings. The van der Waals surface area contributed by atoms with E-state index >= 15 is 0 Å². The highest BCUT2D eigenvalue weighted by Gasteiger charge is 2.21. The predicted octanol–water partition coefficient (Wildman–Crippen LogP) is 2.18. The summed E-state index contributed by atoms with van der Waals surface area (Å²) in [6, 6.07) is 0. The third-order valence-electron chi connectivity index (χ3n) is 1.92. The van der Waals surface area contributed by atoms with Crippen molar-refractivity contribution in [2.45, 2.75) is 37.2 Å². The number of hydrogen-bond donors (Lipinski definition) is 0. The van der Waals surface area contributed by atoms with E-state index in [1.807, 2.05) is 0 Å². The molecule has 0 bridgehead atoms. The van der Waals surface area contributed by atoms with Crippen molar-refractivity contribution in [3.05, 3.63) is 0 Å². The molecule has 0 N–H and O–H groups in total. The Kier molecular flexibility index (Phi) is 2.80. The Labute approximate surface area is 61.3 Å². The Balaban J connectivity index is 2.30. The van der Waals surface area contributed by atoms with Crippen LogP contribution in [0, 0.1) is 0 Å². The molecular formula is C7H13ClO. The molecular weight excluding hydrogens is 136 g/mol. The molecule has 1 saturated carbocycles. The molecule has 0 saturated heterocycles. The molecule has 0 amide bonds. The molecule has 0 heterocycles. The lowest BCUT2D eigenvalue weighted by molar-refractivity contribution is 0.0744. The van der Waals surface area contributed by atoms with Crippen molar-refractivity contribution in [2.24, 2.45) is 0 Å². The molecule has 1 rings (SSSR count). The Bertz CT molecular complexity index is 85.0. The van der Waals surface area contributed by atoms with Gasteiger partial charge in [-0.2, -0.15) is 0 Å². The van der Waals surface area contributed by atoms with Gasteiger partial charge in [0.25, 0.3) is 0 Å². The highest BCUT2D eigenvalue weighted by molar-refractivity contribution is 6.21. The van der Waals surface area contributed by atoms with Crippen LogP contribution in [0.15, 0.2) is 0 Å². The summed E-state index contributed by atoms with van der Waals surface area (Å²) in [5.74, 6) is 0. The minimum Gasteiger partial charge on any atom is -0.380 e. The van der Waals surface area contributed by atoms with Crippen molar-refractivity contribution in [1.82, 2.24) is 0 Å². The fourth-order valence-corrected chi connectivity index (χ4v) is 1.70. The maximum atomic E-state index is 5.96. The fourth-order valence-electron chi connectivity index (χ4n) is 1.32. The van der Waals surface area contributed by atoms with Crippen molar-refractivity contribution in [2.75, 3.05) is 7.11 Å². The van der Waals surface area contributed by atoms with E-state index in [1.165, 1.54) is 12.8 Å². The maximum absolute atomic E-state index is 5.96. The fraction of sp³-hybridized carbons (Fsp3) is 1.00. The van der Waals surface area contributed by atoms with Crippen molar-refractivity contribution in [3.63, 3.8) is 0 Å². The van der Waals surface area contributed by atoms with Gasteiger partial charge in [-0.1, -0.05) is 12.8 Å². The predicted molar refractivity (Wildman–Crippen MR) is 38.9 cm³/mol. The molecule has 2 atom stereocenters. The van der Waals surface area contributed by atoms with Gasteiger partial charge in [0, 0.05) is 7.11 Å². The molecule has 0 aliphatic heterocycles. The molecule has 1 unspecified atom stereocenters. The smallest absolute Gasteiger partial charge is 0.0734 e. The van der Waals surface area contributed by atoms with E-state index in [1.54, 1.807) is 7.11 Å². The van der Waals surface area contributed by atoms with E-state index in [0.29, 0.717) is 6.10 Å². The molecule has 0 radical (unpaired) electrons. The summed E-state index contributed by atoms with van der Waals surface area (Å²) in [4.78, 5) is 0. The summed E-state index contributed by atoms with van der Waals surface area (Å²) in [7, 11) is 1.74. The summed E-state index contributed by atoms with van der Waals surface area (Å²) in [5.41, 5.74) is 0. The van der Waals surface area contributed by atoms with Crippen LogP contribution in [-0.4, -0.2) is 18.6 Å². The minimum atomic E-state index is 0.267. The van der Waals surface area contributed by atoms with Gasteiger partial charge in [0.1, 0.15) is 0 Å². The van der Waals surface area contributed by atoms with Crippen LogP contribution >= 0.6 is 11.6 Å². The lowest BCUT2D eigenvalue weighted by Gasteiger charge is -2.25. The number of alkyl halides is 1. The highest BCUT2D eigenvalue weighted by Crippen LogP contribution is 2.24. The summed E-state index contributed by atoms with van der Waals surface area (Å²) in [6.45, 7) is 0. The average molecular weight is 149 g/mol. The van der Waals surface area contributed by atoms with E-state index in [9.17, 15) is 0 Å². The first-order valence-electron chi connectivity index (χ1n) is 3.51. The standard InChI is InChI=1S/C7H13ClO/c1-9-7-5-3-2-4-6(7)8/h6-7H,2-5H2,1H3/t6?,7-/m1/s1. The number of halogens is 1. The van der Waals surface area contributed by atoms with Gasteiger partial charge in [0.15, 0.2) is 0 Å².